The molecule has 0 aliphatic carbocycles. The highest BCUT2D eigenvalue weighted by molar-refractivity contribution is 7.92. The molecule has 40 heavy (non-hydrogen) atoms. The Kier molecular flexibility index (Phi) is 10.6. The molecule has 0 aromatic heterocycles. The van der Waals surface area contributed by atoms with Gasteiger partial charge in [-0.05, 0) is 55.7 Å². The molecule has 0 bridgehead atoms. The van der Waals surface area contributed by atoms with Gasteiger partial charge in [0.25, 0.3) is 10.0 Å². The highest BCUT2D eigenvalue weighted by atomic mass is 35.5. The molecule has 0 saturated heterocycles. The first-order valence-corrected chi connectivity index (χ1v) is 14.8. The Labute approximate surface area is 241 Å². The van der Waals surface area contributed by atoms with E-state index < -0.39 is 28.5 Å². The van der Waals surface area contributed by atoms with Crippen LogP contribution in [0.4, 0.5) is 5.69 Å². The van der Waals surface area contributed by atoms with E-state index in [1.165, 1.54) is 30.2 Å². The Balaban J connectivity index is 2.06. The molecule has 1 N–H and O–H groups in total. The summed E-state index contributed by atoms with van der Waals surface area (Å²) in [6.07, 6.45) is 0. The number of carbonyl (C=O) groups excluding carboxylic acids is 2. The number of aryl methyl sites for hydroxylation is 1. The number of hydrogen-bond acceptors (Lipinski definition) is 5. The van der Waals surface area contributed by atoms with Crippen LogP contribution in [0.3, 0.4) is 0 Å². The number of amides is 2. The number of benzene rings is 3. The molecular formula is C30H36ClN3O5S. The quantitative estimate of drug-likeness (QED) is 0.321. The number of halogens is 1. The summed E-state index contributed by atoms with van der Waals surface area (Å²) < 4.78 is 34.3. The van der Waals surface area contributed by atoms with Crippen molar-refractivity contribution in [2.45, 2.75) is 45.2 Å². The lowest BCUT2D eigenvalue weighted by molar-refractivity contribution is -0.139. The lowest BCUT2D eigenvalue weighted by Gasteiger charge is -2.32. The minimum Gasteiger partial charge on any atom is -0.495 e. The minimum absolute atomic E-state index is 0.00219. The maximum absolute atomic E-state index is 14.0. The van der Waals surface area contributed by atoms with Crippen LogP contribution in [0.1, 0.15) is 31.9 Å². The van der Waals surface area contributed by atoms with E-state index in [1.54, 1.807) is 37.3 Å². The smallest absolute Gasteiger partial charge is 0.264 e. The second-order valence-corrected chi connectivity index (χ2v) is 12.3. The average molecular weight is 586 g/mol. The highest BCUT2D eigenvalue weighted by Crippen LogP contribution is 2.35. The molecule has 0 aliphatic rings. The summed E-state index contributed by atoms with van der Waals surface area (Å²) in [5.41, 5.74) is 1.97. The van der Waals surface area contributed by atoms with Crippen LogP contribution in [0.15, 0.2) is 77.7 Å². The molecule has 0 saturated carbocycles. The van der Waals surface area contributed by atoms with Gasteiger partial charge in [0.2, 0.25) is 11.8 Å². The van der Waals surface area contributed by atoms with Crippen molar-refractivity contribution in [2.24, 2.45) is 5.92 Å². The molecule has 1 atom stereocenters. The number of carbonyl (C=O) groups is 2. The summed E-state index contributed by atoms with van der Waals surface area (Å²) in [5.74, 6) is -0.440. The predicted molar refractivity (Wildman–Crippen MR) is 158 cm³/mol. The fourth-order valence-corrected chi connectivity index (χ4v) is 5.62. The molecule has 3 aromatic rings. The van der Waals surface area contributed by atoms with Gasteiger partial charge in [-0.15, -0.1) is 0 Å². The third-order valence-corrected chi connectivity index (χ3v) is 8.35. The minimum atomic E-state index is -4.23. The number of methoxy groups -OCH3 is 1. The first-order valence-electron chi connectivity index (χ1n) is 13.0. The van der Waals surface area contributed by atoms with Crippen molar-refractivity contribution >= 4 is 39.1 Å². The molecule has 0 heterocycles. The van der Waals surface area contributed by atoms with Gasteiger partial charge < -0.3 is 15.0 Å². The lowest BCUT2D eigenvalue weighted by Crippen LogP contribution is -2.51. The molecule has 3 rings (SSSR count). The maximum Gasteiger partial charge on any atom is 0.264 e. The van der Waals surface area contributed by atoms with Gasteiger partial charge in [0, 0.05) is 18.1 Å². The zero-order valence-electron chi connectivity index (χ0n) is 23.4. The molecule has 3 aromatic carbocycles. The second kappa shape index (κ2) is 13.7. The van der Waals surface area contributed by atoms with E-state index >= 15 is 0 Å². The lowest BCUT2D eigenvalue weighted by atomic mass is 10.1. The summed E-state index contributed by atoms with van der Waals surface area (Å²) in [5, 5.41) is 3.15. The Morgan fingerprint density at radius 1 is 0.975 bits per heavy atom. The molecule has 2 amide bonds. The van der Waals surface area contributed by atoms with Crippen molar-refractivity contribution in [3.63, 3.8) is 0 Å². The van der Waals surface area contributed by atoms with Crippen molar-refractivity contribution < 1.29 is 22.7 Å². The summed E-state index contributed by atoms with van der Waals surface area (Å²) in [7, 11) is -2.82. The Morgan fingerprint density at radius 3 is 2.23 bits per heavy atom. The van der Waals surface area contributed by atoms with Crippen LogP contribution in [0.2, 0.25) is 5.02 Å². The molecule has 0 aliphatic heterocycles. The molecule has 0 unspecified atom stereocenters. The van der Waals surface area contributed by atoms with E-state index in [1.807, 2.05) is 45.0 Å². The SMILES string of the molecule is COc1ccc(Cl)cc1N(CC(=O)N(Cc1ccc(C)cc1)[C@H](C)C(=O)NCC(C)C)S(=O)(=O)c1ccccc1. The molecule has 8 nitrogen and oxygen atoms in total. The molecule has 10 heteroatoms. The van der Waals surface area contributed by atoms with E-state index in [0.717, 1.165) is 15.4 Å². The maximum atomic E-state index is 14.0. The average Bonchev–Trinajstić information content (AvgIpc) is 2.94. The predicted octanol–water partition coefficient (Wildman–Crippen LogP) is 5.04. The van der Waals surface area contributed by atoms with Crippen molar-refractivity contribution in [1.82, 2.24) is 10.2 Å². The standard InChI is InChI=1S/C30H36ClN3O5S/c1-21(2)18-32-30(36)23(4)33(19-24-13-11-22(3)12-14-24)29(35)20-34(27-17-25(31)15-16-28(27)39-5)40(37,38)26-9-7-6-8-10-26/h6-17,21,23H,18-20H2,1-5H3,(H,32,36)/t23-/m1/s1. The van der Waals surface area contributed by atoms with Gasteiger partial charge in [-0.2, -0.15) is 0 Å². The topological polar surface area (TPSA) is 96.0 Å². The number of ether oxygens (including phenoxy) is 1. The zero-order valence-corrected chi connectivity index (χ0v) is 25.0. The Hall–Kier alpha value is -3.56. The first kappa shape index (κ1) is 31.0. The van der Waals surface area contributed by atoms with Crippen molar-refractivity contribution in [2.75, 3.05) is 24.5 Å². The van der Waals surface area contributed by atoms with E-state index in [9.17, 15) is 18.0 Å². The normalized spacial score (nSPS) is 12.1. The molecule has 0 fully saturated rings. The Morgan fingerprint density at radius 2 is 1.62 bits per heavy atom. The van der Waals surface area contributed by atoms with Gasteiger partial charge >= 0.3 is 0 Å². The highest BCUT2D eigenvalue weighted by Gasteiger charge is 2.34. The van der Waals surface area contributed by atoms with Crippen LogP contribution in [0.25, 0.3) is 0 Å². The number of anilines is 1. The number of nitrogens with one attached hydrogen (secondary N) is 1. The third kappa shape index (κ3) is 7.76. The largest absolute Gasteiger partial charge is 0.495 e. The fraction of sp³-hybridized carbons (Fsp3) is 0.333. The van der Waals surface area contributed by atoms with Gasteiger partial charge in [-0.3, -0.25) is 13.9 Å². The fourth-order valence-electron chi connectivity index (χ4n) is 4.02. The van der Waals surface area contributed by atoms with Gasteiger partial charge in [0.1, 0.15) is 18.3 Å². The van der Waals surface area contributed by atoms with Gasteiger partial charge in [-0.1, -0.05) is 73.5 Å². The van der Waals surface area contributed by atoms with Crippen LogP contribution < -0.4 is 14.4 Å². The van der Waals surface area contributed by atoms with E-state index in [0.29, 0.717) is 6.54 Å². The molecule has 0 radical (unpaired) electrons. The van der Waals surface area contributed by atoms with Crippen LogP contribution in [0, 0.1) is 12.8 Å². The van der Waals surface area contributed by atoms with Crippen LogP contribution in [-0.2, 0) is 26.2 Å². The number of hydrogen-bond donors (Lipinski definition) is 1. The molecule has 0 spiro atoms. The van der Waals surface area contributed by atoms with Crippen LogP contribution in [-0.4, -0.2) is 51.4 Å². The van der Waals surface area contributed by atoms with Crippen molar-refractivity contribution in [3.8, 4) is 5.75 Å². The summed E-state index contributed by atoms with van der Waals surface area (Å²) in [6.45, 7) is 7.53. The molecule has 214 valence electrons. The Bertz CT molecular complexity index is 1410. The first-order chi connectivity index (χ1) is 18.9. The van der Waals surface area contributed by atoms with Crippen LogP contribution >= 0.6 is 11.6 Å². The zero-order chi connectivity index (χ0) is 29.4. The number of rotatable bonds is 12. The second-order valence-electron chi connectivity index (χ2n) is 9.96. The monoisotopic (exact) mass is 585 g/mol. The molecular weight excluding hydrogens is 550 g/mol. The van der Waals surface area contributed by atoms with Crippen LogP contribution in [0.5, 0.6) is 5.75 Å². The summed E-state index contributed by atoms with van der Waals surface area (Å²) >= 11 is 6.26. The summed E-state index contributed by atoms with van der Waals surface area (Å²) in [4.78, 5) is 28.5. The number of sulfonamides is 1. The van der Waals surface area contributed by atoms with E-state index in [4.69, 9.17) is 16.3 Å². The van der Waals surface area contributed by atoms with Crippen molar-refractivity contribution in [3.05, 3.63) is 88.9 Å². The van der Waals surface area contributed by atoms with E-state index in [2.05, 4.69) is 5.32 Å². The van der Waals surface area contributed by atoms with Gasteiger partial charge in [-0.25, -0.2) is 8.42 Å². The van der Waals surface area contributed by atoms with Crippen molar-refractivity contribution in [1.29, 1.82) is 0 Å². The number of nitrogens with zero attached hydrogens (tertiary/aromatic N) is 2. The van der Waals surface area contributed by atoms with E-state index in [-0.39, 0.29) is 39.7 Å². The summed E-state index contributed by atoms with van der Waals surface area (Å²) in [6, 6.07) is 19.1. The third-order valence-electron chi connectivity index (χ3n) is 6.35. The van der Waals surface area contributed by atoms with Gasteiger partial charge in [0.05, 0.1) is 17.7 Å². The van der Waals surface area contributed by atoms with Gasteiger partial charge in [0.15, 0.2) is 0 Å².